The van der Waals surface area contributed by atoms with Gasteiger partial charge in [-0.25, -0.2) is 0 Å². The third-order valence-electron chi connectivity index (χ3n) is 3.58. The van der Waals surface area contributed by atoms with E-state index in [9.17, 15) is 0 Å². The first-order valence-electron chi connectivity index (χ1n) is 5.98. The maximum absolute atomic E-state index is 9.15. The van der Waals surface area contributed by atoms with E-state index in [2.05, 4.69) is 43.3 Å². The highest BCUT2D eigenvalue weighted by Gasteiger charge is 2.21. The molecule has 1 nitrogen and oxygen atoms in total. The Bertz CT molecular complexity index is 632. The molecule has 0 fully saturated rings. The Labute approximate surface area is 101 Å². The van der Waals surface area contributed by atoms with Gasteiger partial charge in [0, 0.05) is 0 Å². The molecular weight excluding hydrogens is 206 g/mol. The van der Waals surface area contributed by atoms with Crippen LogP contribution in [-0.2, 0) is 12.8 Å². The van der Waals surface area contributed by atoms with E-state index in [0.29, 0.717) is 0 Å². The monoisotopic (exact) mass is 219 g/mol. The minimum Gasteiger partial charge on any atom is -0.192 e. The molecule has 1 aliphatic rings. The highest BCUT2D eigenvalue weighted by molar-refractivity contribution is 5.79. The summed E-state index contributed by atoms with van der Waals surface area (Å²) in [6, 6.07) is 14.9. The van der Waals surface area contributed by atoms with Crippen molar-refractivity contribution in [2.45, 2.75) is 19.8 Å². The van der Waals surface area contributed by atoms with Crippen LogP contribution < -0.4 is 0 Å². The van der Waals surface area contributed by atoms with Gasteiger partial charge >= 0.3 is 0 Å². The molecule has 1 heteroatoms. The second-order valence-corrected chi connectivity index (χ2v) is 4.42. The van der Waals surface area contributed by atoms with Gasteiger partial charge in [0.15, 0.2) is 0 Å². The van der Waals surface area contributed by atoms with Crippen LogP contribution in [0.5, 0.6) is 0 Å². The van der Waals surface area contributed by atoms with Crippen molar-refractivity contribution < 1.29 is 0 Å². The van der Waals surface area contributed by atoms with E-state index < -0.39 is 0 Å². The highest BCUT2D eigenvalue weighted by atomic mass is 14.3. The van der Waals surface area contributed by atoms with Crippen molar-refractivity contribution >= 4 is 0 Å². The van der Waals surface area contributed by atoms with Gasteiger partial charge in [0.25, 0.3) is 0 Å². The number of fused-ring (bicyclic) bond motifs is 3. The van der Waals surface area contributed by atoms with Crippen molar-refractivity contribution in [1.82, 2.24) is 0 Å². The molecular formula is C16H13N. The molecule has 82 valence electrons. The van der Waals surface area contributed by atoms with Gasteiger partial charge in [-0.05, 0) is 46.7 Å². The molecule has 0 aliphatic heterocycles. The number of hydrogen-bond donors (Lipinski definition) is 0. The minimum atomic E-state index is 0.832. The Morgan fingerprint density at radius 1 is 1.12 bits per heavy atom. The standard InChI is InChI=1S/C16H13N/c1-2-13-12(10-17)7-8-15-14-6-4-3-5-11(14)9-16(13)15/h3-8H,2,9H2,1H3. The molecule has 3 rings (SSSR count). The van der Waals surface area contributed by atoms with E-state index in [1.807, 2.05) is 6.07 Å². The van der Waals surface area contributed by atoms with Crippen LogP contribution in [0.3, 0.4) is 0 Å². The molecule has 0 amide bonds. The summed E-state index contributed by atoms with van der Waals surface area (Å²) in [4.78, 5) is 0. The lowest BCUT2D eigenvalue weighted by Crippen LogP contribution is -1.95. The lowest BCUT2D eigenvalue weighted by Gasteiger charge is -2.08. The second-order valence-electron chi connectivity index (χ2n) is 4.42. The van der Waals surface area contributed by atoms with Crippen molar-refractivity contribution in [1.29, 1.82) is 5.26 Å². The molecule has 0 unspecified atom stereocenters. The summed E-state index contributed by atoms with van der Waals surface area (Å²) in [6.45, 7) is 2.12. The molecule has 2 aromatic carbocycles. The summed E-state index contributed by atoms with van der Waals surface area (Å²) >= 11 is 0. The van der Waals surface area contributed by atoms with E-state index in [0.717, 1.165) is 18.4 Å². The van der Waals surface area contributed by atoms with Gasteiger partial charge in [0.05, 0.1) is 11.6 Å². The Morgan fingerprint density at radius 2 is 1.94 bits per heavy atom. The molecule has 0 bridgehead atoms. The molecule has 0 aromatic heterocycles. The zero-order valence-electron chi connectivity index (χ0n) is 9.83. The quantitative estimate of drug-likeness (QED) is 0.612. The van der Waals surface area contributed by atoms with Crippen LogP contribution in [0.15, 0.2) is 36.4 Å². The molecule has 0 saturated carbocycles. The summed E-state index contributed by atoms with van der Waals surface area (Å²) in [5.41, 5.74) is 7.44. The van der Waals surface area contributed by atoms with Crippen LogP contribution in [0.25, 0.3) is 11.1 Å². The topological polar surface area (TPSA) is 23.8 Å². The van der Waals surface area contributed by atoms with E-state index in [4.69, 9.17) is 5.26 Å². The normalized spacial score (nSPS) is 11.8. The highest BCUT2D eigenvalue weighted by Crippen LogP contribution is 2.39. The van der Waals surface area contributed by atoms with Crippen LogP contribution in [-0.4, -0.2) is 0 Å². The summed E-state index contributed by atoms with van der Waals surface area (Å²) in [7, 11) is 0. The molecule has 0 spiro atoms. The van der Waals surface area contributed by atoms with Crippen LogP contribution in [0, 0.1) is 11.3 Å². The number of hydrogen-bond acceptors (Lipinski definition) is 1. The largest absolute Gasteiger partial charge is 0.192 e. The molecule has 0 heterocycles. The molecule has 0 radical (unpaired) electrons. The van der Waals surface area contributed by atoms with E-state index in [1.165, 1.54) is 27.8 Å². The fourth-order valence-electron chi connectivity index (χ4n) is 2.78. The van der Waals surface area contributed by atoms with Crippen molar-refractivity contribution in [3.05, 3.63) is 58.7 Å². The van der Waals surface area contributed by atoms with E-state index in [1.54, 1.807) is 0 Å². The average molecular weight is 219 g/mol. The summed E-state index contributed by atoms with van der Waals surface area (Å²) in [5, 5.41) is 9.15. The second kappa shape index (κ2) is 3.75. The average Bonchev–Trinajstić information content (AvgIpc) is 2.75. The maximum atomic E-state index is 9.15. The molecule has 0 atom stereocenters. The lowest BCUT2D eigenvalue weighted by atomic mass is 9.95. The Hall–Kier alpha value is -2.07. The minimum absolute atomic E-state index is 0.832. The smallest absolute Gasteiger partial charge is 0.0994 e. The van der Waals surface area contributed by atoms with Crippen molar-refractivity contribution in [3.63, 3.8) is 0 Å². The molecule has 0 N–H and O–H groups in total. The Balaban J connectivity index is 2.28. The Morgan fingerprint density at radius 3 is 2.71 bits per heavy atom. The molecule has 1 aliphatic carbocycles. The van der Waals surface area contributed by atoms with E-state index in [-0.39, 0.29) is 0 Å². The third kappa shape index (κ3) is 1.38. The predicted octanol–water partition coefficient (Wildman–Crippen LogP) is 3.69. The zero-order valence-corrected chi connectivity index (χ0v) is 9.83. The van der Waals surface area contributed by atoms with Crippen molar-refractivity contribution in [2.75, 3.05) is 0 Å². The number of nitrogens with zero attached hydrogens (tertiary/aromatic N) is 1. The van der Waals surface area contributed by atoms with Gasteiger partial charge in [0.1, 0.15) is 0 Å². The predicted molar refractivity (Wildman–Crippen MR) is 68.8 cm³/mol. The first kappa shape index (κ1) is 10.1. The maximum Gasteiger partial charge on any atom is 0.0994 e. The number of rotatable bonds is 1. The van der Waals surface area contributed by atoms with Crippen LogP contribution in [0.2, 0.25) is 0 Å². The Kier molecular flexibility index (Phi) is 2.23. The fraction of sp³-hybridized carbons (Fsp3) is 0.188. The molecule has 17 heavy (non-hydrogen) atoms. The van der Waals surface area contributed by atoms with Gasteiger partial charge < -0.3 is 0 Å². The van der Waals surface area contributed by atoms with Gasteiger partial charge in [-0.15, -0.1) is 0 Å². The SMILES string of the molecule is CCc1c(C#N)ccc2c1Cc1ccccc1-2. The first-order chi connectivity index (χ1) is 8.35. The molecule has 0 saturated heterocycles. The summed E-state index contributed by atoms with van der Waals surface area (Å²) in [6.07, 6.45) is 1.91. The number of benzene rings is 2. The first-order valence-corrected chi connectivity index (χ1v) is 5.98. The zero-order chi connectivity index (χ0) is 11.8. The van der Waals surface area contributed by atoms with Crippen LogP contribution >= 0.6 is 0 Å². The molecule has 2 aromatic rings. The van der Waals surface area contributed by atoms with Gasteiger partial charge in [-0.2, -0.15) is 5.26 Å². The van der Waals surface area contributed by atoms with Crippen molar-refractivity contribution in [3.8, 4) is 17.2 Å². The van der Waals surface area contributed by atoms with Gasteiger partial charge in [-0.1, -0.05) is 37.3 Å². The fourth-order valence-corrected chi connectivity index (χ4v) is 2.78. The van der Waals surface area contributed by atoms with Crippen LogP contribution in [0.1, 0.15) is 29.2 Å². The summed E-state index contributed by atoms with van der Waals surface area (Å²) in [5.74, 6) is 0. The summed E-state index contributed by atoms with van der Waals surface area (Å²) < 4.78 is 0. The third-order valence-corrected chi connectivity index (χ3v) is 3.58. The van der Waals surface area contributed by atoms with Crippen molar-refractivity contribution in [2.24, 2.45) is 0 Å². The van der Waals surface area contributed by atoms with Crippen LogP contribution in [0.4, 0.5) is 0 Å². The van der Waals surface area contributed by atoms with E-state index >= 15 is 0 Å². The lowest BCUT2D eigenvalue weighted by molar-refractivity contribution is 1.07. The number of nitriles is 1. The van der Waals surface area contributed by atoms with Gasteiger partial charge in [0.2, 0.25) is 0 Å². The van der Waals surface area contributed by atoms with Gasteiger partial charge in [-0.3, -0.25) is 0 Å².